The topological polar surface area (TPSA) is 37.4 Å². The van der Waals surface area contributed by atoms with E-state index in [2.05, 4.69) is 6.58 Å². The van der Waals surface area contributed by atoms with Gasteiger partial charge in [-0.25, -0.2) is 12.7 Å². The third-order valence-corrected chi connectivity index (χ3v) is 4.77. The predicted molar refractivity (Wildman–Crippen MR) is 97.8 cm³/mol. The van der Waals surface area contributed by atoms with Crippen molar-refractivity contribution in [2.75, 3.05) is 10.6 Å². The Hall–Kier alpha value is -2.04. The summed E-state index contributed by atoms with van der Waals surface area (Å²) in [6.07, 6.45) is 3.30. The van der Waals surface area contributed by atoms with Crippen LogP contribution in [0.3, 0.4) is 0 Å². The van der Waals surface area contributed by atoms with Gasteiger partial charge in [-0.3, -0.25) is 0 Å². The number of anilines is 1. The van der Waals surface area contributed by atoms with Crippen LogP contribution in [-0.2, 0) is 10.0 Å². The van der Waals surface area contributed by atoms with Crippen molar-refractivity contribution < 1.29 is 8.42 Å². The summed E-state index contributed by atoms with van der Waals surface area (Å²) in [5.74, 6) is 0. The van der Waals surface area contributed by atoms with E-state index in [1.807, 2.05) is 36.4 Å². The number of benzene rings is 2. The van der Waals surface area contributed by atoms with Crippen molar-refractivity contribution in [3.63, 3.8) is 0 Å². The molecule has 0 heterocycles. The summed E-state index contributed by atoms with van der Waals surface area (Å²) in [7, 11) is -3.58. The van der Waals surface area contributed by atoms with Gasteiger partial charge in [0.2, 0.25) is 10.0 Å². The third kappa shape index (κ3) is 4.24. The van der Waals surface area contributed by atoms with E-state index < -0.39 is 10.0 Å². The molecule has 0 fully saturated rings. The Morgan fingerprint density at radius 1 is 1.09 bits per heavy atom. The summed E-state index contributed by atoms with van der Waals surface area (Å²) in [4.78, 5) is 0. The lowest BCUT2D eigenvalue weighted by molar-refractivity contribution is 0.601. The lowest BCUT2D eigenvalue weighted by Gasteiger charge is -2.24. The Labute approximate surface area is 142 Å². The van der Waals surface area contributed by atoms with E-state index in [9.17, 15) is 8.42 Å². The first-order chi connectivity index (χ1) is 10.9. The van der Waals surface area contributed by atoms with Crippen molar-refractivity contribution in [2.24, 2.45) is 0 Å². The molecule has 2 aromatic carbocycles. The Kier molecular flexibility index (Phi) is 5.64. The summed E-state index contributed by atoms with van der Waals surface area (Å²) in [5.41, 5.74) is 2.07. The molecule has 23 heavy (non-hydrogen) atoms. The number of nitrogens with zero attached hydrogens (tertiary/aromatic N) is 1. The molecule has 0 aliphatic heterocycles. The summed E-state index contributed by atoms with van der Waals surface area (Å²) in [6, 6.07) is 18.2. The molecule has 2 aromatic rings. The van der Waals surface area contributed by atoms with Gasteiger partial charge in [-0.05, 0) is 29.7 Å². The zero-order valence-electron chi connectivity index (χ0n) is 12.8. The van der Waals surface area contributed by atoms with Crippen LogP contribution in [0.5, 0.6) is 0 Å². The highest BCUT2D eigenvalue weighted by Gasteiger charge is 2.23. The van der Waals surface area contributed by atoms with Crippen LogP contribution in [-0.4, -0.2) is 14.7 Å². The highest BCUT2D eigenvalue weighted by atomic mass is 35.5. The molecule has 2 rings (SSSR count). The van der Waals surface area contributed by atoms with Crippen molar-refractivity contribution in [3.05, 3.63) is 84.0 Å². The smallest absolute Gasteiger partial charge is 0.228 e. The van der Waals surface area contributed by atoms with Gasteiger partial charge in [0, 0.05) is 0 Å². The van der Waals surface area contributed by atoms with Crippen molar-refractivity contribution in [3.8, 4) is 0 Å². The average Bonchev–Trinajstić information content (AvgIpc) is 2.53. The molecule has 0 N–H and O–H groups in total. The van der Waals surface area contributed by atoms with Gasteiger partial charge in [0.05, 0.1) is 11.9 Å². The highest BCUT2D eigenvalue weighted by molar-refractivity contribution is 7.92. The molecule has 120 valence electrons. The molecule has 5 heteroatoms. The monoisotopic (exact) mass is 347 g/mol. The molecule has 0 saturated heterocycles. The molecule has 0 amide bonds. The minimum atomic E-state index is -3.58. The zero-order valence-corrected chi connectivity index (χ0v) is 14.4. The molecule has 0 aliphatic carbocycles. The van der Waals surface area contributed by atoms with Crippen LogP contribution in [0.4, 0.5) is 5.69 Å². The molecular formula is C18H18ClNO2S. The third-order valence-electron chi connectivity index (χ3n) is 3.22. The number of sulfonamides is 1. The Balaban J connectivity index is 2.66. The maximum Gasteiger partial charge on any atom is 0.237 e. The number of hydrogen-bond donors (Lipinski definition) is 0. The maximum absolute atomic E-state index is 12.3. The van der Waals surface area contributed by atoms with Gasteiger partial charge in [0.25, 0.3) is 0 Å². The first kappa shape index (κ1) is 17.3. The first-order valence-electron chi connectivity index (χ1n) is 7.05. The number of hydrogen-bond acceptors (Lipinski definition) is 2. The predicted octanol–water partition coefficient (Wildman–Crippen LogP) is 4.64. The fraction of sp³-hybridized carbons (Fsp3) is 0.111. The van der Waals surface area contributed by atoms with E-state index in [1.54, 1.807) is 30.3 Å². The normalized spacial score (nSPS) is 12.4. The molecule has 0 aromatic heterocycles. The quantitative estimate of drug-likeness (QED) is 0.564. The van der Waals surface area contributed by atoms with Gasteiger partial charge in [-0.1, -0.05) is 66.2 Å². The summed E-state index contributed by atoms with van der Waals surface area (Å²) >= 11 is 6.52. The second-order valence-corrected chi connectivity index (χ2v) is 7.18. The van der Waals surface area contributed by atoms with Gasteiger partial charge >= 0.3 is 0 Å². The van der Waals surface area contributed by atoms with E-state index in [1.165, 1.54) is 0 Å². The van der Waals surface area contributed by atoms with Crippen LogP contribution in [0.1, 0.15) is 12.0 Å². The van der Waals surface area contributed by atoms with Crippen LogP contribution in [0.2, 0.25) is 0 Å². The second-order valence-electron chi connectivity index (χ2n) is 4.99. The van der Waals surface area contributed by atoms with Crippen molar-refractivity contribution in [1.82, 2.24) is 0 Å². The molecular weight excluding hydrogens is 330 g/mol. The fourth-order valence-corrected chi connectivity index (χ4v) is 3.81. The standard InChI is InChI=1S/C18H18ClNO2S/c1-3-10-17(15-11-6-4-7-12-15)18(19)20(23(2,21)22)16-13-8-5-9-14-16/h3-9,11-14H,1,10H2,2H3/b18-17-. The van der Waals surface area contributed by atoms with Crippen molar-refractivity contribution >= 4 is 32.9 Å². The largest absolute Gasteiger partial charge is 0.237 e. The molecule has 0 unspecified atom stereocenters. The van der Waals surface area contributed by atoms with Gasteiger partial charge in [-0.15, -0.1) is 6.58 Å². The highest BCUT2D eigenvalue weighted by Crippen LogP contribution is 2.32. The van der Waals surface area contributed by atoms with Crippen molar-refractivity contribution in [2.45, 2.75) is 6.42 Å². The second kappa shape index (κ2) is 7.49. The average molecular weight is 348 g/mol. The minimum absolute atomic E-state index is 0.157. The number of halogens is 1. The van der Waals surface area contributed by atoms with Crippen molar-refractivity contribution in [1.29, 1.82) is 0 Å². The lowest BCUT2D eigenvalue weighted by Crippen LogP contribution is -2.27. The Bertz CT molecular complexity index is 799. The van der Waals surface area contributed by atoms with E-state index in [0.29, 0.717) is 17.7 Å². The van der Waals surface area contributed by atoms with E-state index in [-0.39, 0.29) is 5.16 Å². The summed E-state index contributed by atoms with van der Waals surface area (Å²) < 4.78 is 25.7. The van der Waals surface area contributed by atoms with Crippen LogP contribution in [0.25, 0.3) is 5.57 Å². The summed E-state index contributed by atoms with van der Waals surface area (Å²) in [5, 5.41) is 0.157. The number of allylic oxidation sites excluding steroid dienone is 2. The van der Waals surface area contributed by atoms with Gasteiger partial charge in [-0.2, -0.15) is 0 Å². The molecule has 0 atom stereocenters. The number of para-hydroxylation sites is 1. The molecule has 3 nitrogen and oxygen atoms in total. The number of rotatable bonds is 6. The van der Waals surface area contributed by atoms with E-state index in [0.717, 1.165) is 16.1 Å². The molecule has 0 radical (unpaired) electrons. The summed E-state index contributed by atoms with van der Waals surface area (Å²) in [6.45, 7) is 3.74. The lowest BCUT2D eigenvalue weighted by atomic mass is 10.0. The fourth-order valence-electron chi connectivity index (χ4n) is 2.24. The molecule has 0 bridgehead atoms. The van der Waals surface area contributed by atoms with Gasteiger partial charge < -0.3 is 0 Å². The minimum Gasteiger partial charge on any atom is -0.228 e. The van der Waals surface area contributed by atoms with Crippen LogP contribution >= 0.6 is 11.6 Å². The first-order valence-corrected chi connectivity index (χ1v) is 9.28. The van der Waals surface area contributed by atoms with Crippen LogP contribution in [0, 0.1) is 0 Å². The van der Waals surface area contributed by atoms with Crippen LogP contribution < -0.4 is 4.31 Å². The molecule has 0 saturated carbocycles. The maximum atomic E-state index is 12.3. The Morgan fingerprint density at radius 3 is 2.09 bits per heavy atom. The van der Waals surface area contributed by atoms with E-state index in [4.69, 9.17) is 11.6 Å². The molecule has 0 aliphatic rings. The van der Waals surface area contributed by atoms with E-state index >= 15 is 0 Å². The Morgan fingerprint density at radius 2 is 1.61 bits per heavy atom. The van der Waals surface area contributed by atoms with Gasteiger partial charge in [0.1, 0.15) is 5.16 Å². The molecule has 0 spiro atoms. The van der Waals surface area contributed by atoms with Gasteiger partial charge in [0.15, 0.2) is 0 Å². The van der Waals surface area contributed by atoms with Crippen LogP contribution in [0.15, 0.2) is 78.5 Å². The SMILES string of the molecule is C=CC/C(=C(\Cl)N(c1ccccc1)S(C)(=O)=O)c1ccccc1. The zero-order chi connectivity index (χ0) is 16.9.